The van der Waals surface area contributed by atoms with E-state index in [-0.39, 0.29) is 0 Å². The monoisotopic (exact) mass is 402 g/mol. The van der Waals surface area contributed by atoms with Crippen LogP contribution >= 0.6 is 47.8 Å². The van der Waals surface area contributed by atoms with Crippen LogP contribution in [0.2, 0.25) is 0 Å². The molecule has 0 aliphatic rings. The minimum absolute atomic E-state index is 0.885. The average Bonchev–Trinajstić information content (AvgIpc) is 2.64. The predicted molar refractivity (Wildman–Crippen MR) is 76.8 cm³/mol. The summed E-state index contributed by atoms with van der Waals surface area (Å²) in [6.07, 6.45) is 0. The van der Waals surface area contributed by atoms with Crippen LogP contribution in [0.4, 0.5) is 0 Å². The van der Waals surface area contributed by atoms with E-state index in [1.807, 2.05) is 24.3 Å². The maximum Gasteiger partial charge on any atom is 0.149 e. The lowest BCUT2D eigenvalue weighted by Gasteiger charge is -1.96. The lowest BCUT2D eigenvalue weighted by molar-refractivity contribution is 0.666. The van der Waals surface area contributed by atoms with Crippen molar-refractivity contribution in [3.05, 3.63) is 43.7 Å². The lowest BCUT2D eigenvalue weighted by Crippen LogP contribution is -1.72. The SMILES string of the molecule is Brc1ccc2oc3c(Br)cccc3c2c1Br. The quantitative estimate of drug-likeness (QED) is 0.456. The zero-order valence-electron chi connectivity index (χ0n) is 7.93. The Labute approximate surface area is 117 Å². The molecule has 0 amide bonds. The molecule has 0 atom stereocenters. The molecule has 0 saturated heterocycles. The van der Waals surface area contributed by atoms with Gasteiger partial charge in [0.05, 0.1) is 4.47 Å². The molecule has 1 nitrogen and oxygen atoms in total. The fourth-order valence-corrected chi connectivity index (χ4v) is 3.11. The van der Waals surface area contributed by atoms with Crippen LogP contribution in [0.3, 0.4) is 0 Å². The number of rotatable bonds is 0. The summed E-state index contributed by atoms with van der Waals surface area (Å²) in [5, 5.41) is 2.21. The van der Waals surface area contributed by atoms with E-state index >= 15 is 0 Å². The molecule has 1 heterocycles. The van der Waals surface area contributed by atoms with Crippen molar-refractivity contribution in [1.29, 1.82) is 0 Å². The molecule has 0 N–H and O–H groups in total. The highest BCUT2D eigenvalue weighted by atomic mass is 79.9. The van der Waals surface area contributed by atoms with Crippen LogP contribution in [-0.2, 0) is 0 Å². The van der Waals surface area contributed by atoms with Crippen molar-refractivity contribution in [1.82, 2.24) is 0 Å². The van der Waals surface area contributed by atoms with Gasteiger partial charge in [0.25, 0.3) is 0 Å². The van der Waals surface area contributed by atoms with Crippen LogP contribution < -0.4 is 0 Å². The molecule has 0 bridgehead atoms. The van der Waals surface area contributed by atoms with Crippen LogP contribution in [0.15, 0.2) is 48.2 Å². The molecule has 0 aliphatic carbocycles. The summed E-state index contributed by atoms with van der Waals surface area (Å²) in [5.41, 5.74) is 1.77. The number of halogens is 3. The Hall–Kier alpha value is -0.320. The van der Waals surface area contributed by atoms with Gasteiger partial charge in [0.1, 0.15) is 11.2 Å². The Balaban J connectivity index is 2.63. The van der Waals surface area contributed by atoms with E-state index in [4.69, 9.17) is 4.42 Å². The van der Waals surface area contributed by atoms with Gasteiger partial charge in [-0.3, -0.25) is 0 Å². The van der Waals surface area contributed by atoms with Crippen LogP contribution in [0.5, 0.6) is 0 Å². The molecule has 3 rings (SSSR count). The third-order valence-electron chi connectivity index (χ3n) is 2.50. The van der Waals surface area contributed by atoms with Crippen molar-refractivity contribution < 1.29 is 4.42 Å². The normalized spacial score (nSPS) is 11.4. The van der Waals surface area contributed by atoms with Crippen molar-refractivity contribution >= 4 is 69.7 Å². The molecule has 0 fully saturated rings. The summed E-state index contributed by atoms with van der Waals surface area (Å²) in [6, 6.07) is 9.99. The predicted octanol–water partition coefficient (Wildman–Crippen LogP) is 5.87. The summed E-state index contributed by atoms with van der Waals surface area (Å²) in [6.45, 7) is 0. The standard InChI is InChI=1S/C12H5Br3O/c13-7-4-5-9-10(11(7)15)6-2-1-3-8(14)12(6)16-9/h1-5H. The van der Waals surface area contributed by atoms with E-state index < -0.39 is 0 Å². The molecule has 4 heteroatoms. The molecular formula is C12H5Br3O. The van der Waals surface area contributed by atoms with Gasteiger partial charge in [-0.2, -0.15) is 0 Å². The number of furan rings is 1. The molecule has 3 aromatic rings. The van der Waals surface area contributed by atoms with Gasteiger partial charge in [0.2, 0.25) is 0 Å². The third-order valence-corrected chi connectivity index (χ3v) is 5.15. The third kappa shape index (κ3) is 1.47. The van der Waals surface area contributed by atoms with E-state index in [2.05, 4.69) is 53.9 Å². The molecule has 80 valence electrons. The van der Waals surface area contributed by atoms with Gasteiger partial charge >= 0.3 is 0 Å². The summed E-state index contributed by atoms with van der Waals surface area (Å²) >= 11 is 10.6. The second-order valence-corrected chi connectivity index (χ2v) is 5.95. The number of fused-ring (bicyclic) bond motifs is 3. The van der Waals surface area contributed by atoms with E-state index in [0.29, 0.717) is 0 Å². The van der Waals surface area contributed by atoms with Gasteiger partial charge in [0, 0.05) is 19.7 Å². The molecule has 0 saturated carbocycles. The van der Waals surface area contributed by atoms with Gasteiger partial charge in [-0.25, -0.2) is 0 Å². The molecule has 0 aliphatic heterocycles. The number of hydrogen-bond donors (Lipinski definition) is 0. The van der Waals surface area contributed by atoms with E-state index in [0.717, 1.165) is 35.4 Å². The minimum Gasteiger partial charge on any atom is -0.455 e. The summed E-state index contributed by atoms with van der Waals surface area (Å²) in [7, 11) is 0. The number of hydrogen-bond acceptors (Lipinski definition) is 1. The molecule has 0 spiro atoms. The maximum absolute atomic E-state index is 5.82. The second kappa shape index (κ2) is 3.86. The van der Waals surface area contributed by atoms with Crippen molar-refractivity contribution in [2.75, 3.05) is 0 Å². The second-order valence-electron chi connectivity index (χ2n) is 3.45. The van der Waals surface area contributed by atoms with Crippen molar-refractivity contribution in [3.63, 3.8) is 0 Å². The topological polar surface area (TPSA) is 13.1 Å². The minimum atomic E-state index is 0.885. The van der Waals surface area contributed by atoms with E-state index in [1.165, 1.54) is 0 Å². The Bertz CT molecular complexity index is 700. The largest absolute Gasteiger partial charge is 0.455 e. The Morgan fingerprint density at radius 2 is 1.69 bits per heavy atom. The smallest absolute Gasteiger partial charge is 0.149 e. The van der Waals surface area contributed by atoms with Gasteiger partial charge in [-0.1, -0.05) is 12.1 Å². The maximum atomic E-state index is 5.82. The molecular weight excluding hydrogens is 400 g/mol. The highest BCUT2D eigenvalue weighted by molar-refractivity contribution is 9.13. The first-order valence-corrected chi connectivity index (χ1v) is 7.01. The first kappa shape index (κ1) is 10.8. The van der Waals surface area contributed by atoms with E-state index in [9.17, 15) is 0 Å². The van der Waals surface area contributed by atoms with Gasteiger partial charge in [0.15, 0.2) is 0 Å². The molecule has 16 heavy (non-hydrogen) atoms. The number of benzene rings is 2. The van der Waals surface area contributed by atoms with Crippen molar-refractivity contribution in [3.8, 4) is 0 Å². The summed E-state index contributed by atoms with van der Waals surface area (Å²) in [5.74, 6) is 0. The summed E-state index contributed by atoms with van der Waals surface area (Å²) in [4.78, 5) is 0. The van der Waals surface area contributed by atoms with Crippen LogP contribution in [0.25, 0.3) is 21.9 Å². The highest BCUT2D eigenvalue weighted by Crippen LogP contribution is 2.40. The zero-order valence-corrected chi connectivity index (χ0v) is 12.7. The molecule has 2 aromatic carbocycles. The van der Waals surface area contributed by atoms with E-state index in [1.54, 1.807) is 0 Å². The average molecular weight is 405 g/mol. The van der Waals surface area contributed by atoms with Crippen LogP contribution in [0.1, 0.15) is 0 Å². The Morgan fingerprint density at radius 1 is 0.875 bits per heavy atom. The van der Waals surface area contributed by atoms with Gasteiger partial charge in [-0.15, -0.1) is 0 Å². The first-order valence-electron chi connectivity index (χ1n) is 4.63. The van der Waals surface area contributed by atoms with Crippen LogP contribution in [0, 0.1) is 0 Å². The Kier molecular flexibility index (Phi) is 2.61. The van der Waals surface area contributed by atoms with Crippen LogP contribution in [-0.4, -0.2) is 0 Å². The van der Waals surface area contributed by atoms with Crippen molar-refractivity contribution in [2.24, 2.45) is 0 Å². The molecule has 0 radical (unpaired) electrons. The number of para-hydroxylation sites is 1. The molecule has 0 unspecified atom stereocenters. The Morgan fingerprint density at radius 3 is 2.50 bits per heavy atom. The van der Waals surface area contributed by atoms with Gasteiger partial charge < -0.3 is 4.42 Å². The van der Waals surface area contributed by atoms with Gasteiger partial charge in [-0.05, 0) is 66.0 Å². The lowest BCUT2D eigenvalue weighted by atomic mass is 10.1. The van der Waals surface area contributed by atoms with Crippen molar-refractivity contribution in [2.45, 2.75) is 0 Å². The highest BCUT2D eigenvalue weighted by Gasteiger charge is 2.13. The molecule has 1 aromatic heterocycles. The summed E-state index contributed by atoms with van der Waals surface area (Å²) < 4.78 is 8.86. The zero-order chi connectivity index (χ0) is 11.3. The fourth-order valence-electron chi connectivity index (χ4n) is 1.79. The first-order chi connectivity index (χ1) is 7.68. The fraction of sp³-hybridized carbons (Fsp3) is 0.